The third-order valence-corrected chi connectivity index (χ3v) is 5.18. The van der Waals surface area contributed by atoms with Crippen molar-refractivity contribution in [1.29, 1.82) is 0 Å². The molecule has 0 aromatic rings. The van der Waals surface area contributed by atoms with Crippen LogP contribution in [0.5, 0.6) is 0 Å². The third-order valence-electron chi connectivity index (χ3n) is 5.18. The molecule has 0 saturated heterocycles. The molecule has 4 N–H and O–H groups in total. The lowest BCUT2D eigenvalue weighted by Gasteiger charge is -2.02. The number of hydrogen-bond acceptors (Lipinski definition) is 3. The number of unbranched alkanes of at least 4 members (excludes halogenated alkanes) is 17. The van der Waals surface area contributed by atoms with E-state index in [-0.39, 0.29) is 5.91 Å². The van der Waals surface area contributed by atoms with Gasteiger partial charge in [0.2, 0.25) is 5.91 Å². The summed E-state index contributed by atoms with van der Waals surface area (Å²) in [6.07, 6.45) is 25.3. The van der Waals surface area contributed by atoms with Crippen molar-refractivity contribution < 1.29 is 9.90 Å². The first kappa shape index (κ1) is 29.6. The van der Waals surface area contributed by atoms with E-state index < -0.39 is 0 Å². The van der Waals surface area contributed by atoms with Gasteiger partial charge < -0.3 is 5.11 Å². The Kier molecular flexibility index (Phi) is 30.2. The Bertz CT molecular complexity index is 278. The van der Waals surface area contributed by atoms with E-state index in [1.807, 2.05) is 0 Å². The number of carbonyl (C=O) groups is 1. The smallest absolute Gasteiger partial charge is 0.233 e. The van der Waals surface area contributed by atoms with E-state index in [9.17, 15) is 4.79 Å². The molecule has 0 aliphatic heterocycles. The monoisotopic (exact) mass is 400 g/mol. The summed E-state index contributed by atoms with van der Waals surface area (Å²) in [6, 6.07) is 0. The van der Waals surface area contributed by atoms with E-state index in [1.54, 1.807) is 0 Å². The maximum absolute atomic E-state index is 10.8. The Labute approximate surface area is 176 Å². The second-order valence-corrected chi connectivity index (χ2v) is 8.05. The quantitative estimate of drug-likeness (QED) is 0.0910. The first-order valence-electron chi connectivity index (χ1n) is 12.3. The van der Waals surface area contributed by atoms with Crippen LogP contribution in [0.3, 0.4) is 0 Å². The van der Waals surface area contributed by atoms with Gasteiger partial charge in [0.15, 0.2) is 0 Å². The molecule has 170 valence electrons. The Morgan fingerprint density at radius 3 is 1.25 bits per heavy atom. The number of amides is 1. The number of aliphatic hydroxyl groups is 1. The van der Waals surface area contributed by atoms with Crippen LogP contribution in [0.15, 0.2) is 0 Å². The molecule has 0 fully saturated rings. The topological polar surface area (TPSA) is 75.4 Å². The Morgan fingerprint density at radius 1 is 0.607 bits per heavy atom. The van der Waals surface area contributed by atoms with Gasteiger partial charge in [-0.05, 0) is 12.8 Å². The van der Waals surface area contributed by atoms with Crippen molar-refractivity contribution in [3.8, 4) is 0 Å². The van der Waals surface area contributed by atoms with Crippen LogP contribution in [0, 0.1) is 0 Å². The largest absolute Gasteiger partial charge is 0.396 e. The summed E-state index contributed by atoms with van der Waals surface area (Å²) < 4.78 is 0. The lowest BCUT2D eigenvalue weighted by molar-refractivity contribution is -0.121. The van der Waals surface area contributed by atoms with Crippen molar-refractivity contribution in [2.45, 2.75) is 142 Å². The van der Waals surface area contributed by atoms with Gasteiger partial charge in [-0.1, -0.05) is 123 Å². The molecule has 0 spiro atoms. The fraction of sp³-hybridized carbons (Fsp3) is 0.958. The van der Waals surface area contributed by atoms with Gasteiger partial charge in [-0.3, -0.25) is 10.2 Å². The van der Waals surface area contributed by atoms with Gasteiger partial charge in [-0.25, -0.2) is 5.84 Å². The molecular weight excluding hydrogens is 348 g/mol. The second-order valence-electron chi connectivity index (χ2n) is 8.05. The van der Waals surface area contributed by atoms with Gasteiger partial charge in [0.1, 0.15) is 0 Å². The van der Waals surface area contributed by atoms with Crippen molar-refractivity contribution in [1.82, 2.24) is 5.43 Å². The average molecular weight is 401 g/mol. The van der Waals surface area contributed by atoms with Crippen molar-refractivity contribution in [3.05, 3.63) is 0 Å². The highest BCUT2D eigenvalue weighted by Gasteiger charge is 1.97. The number of nitrogens with one attached hydrogen (secondary N) is 1. The van der Waals surface area contributed by atoms with E-state index in [2.05, 4.69) is 19.3 Å². The number of nitrogens with two attached hydrogens (primary N) is 1. The summed E-state index contributed by atoms with van der Waals surface area (Å²) >= 11 is 0. The second kappa shape index (κ2) is 28.6. The van der Waals surface area contributed by atoms with Crippen molar-refractivity contribution in [2.24, 2.45) is 5.84 Å². The normalized spacial score (nSPS) is 10.4. The van der Waals surface area contributed by atoms with Crippen LogP contribution in [0.2, 0.25) is 0 Å². The molecule has 0 radical (unpaired) electrons. The fourth-order valence-corrected chi connectivity index (χ4v) is 3.27. The van der Waals surface area contributed by atoms with E-state index in [1.165, 1.54) is 103 Å². The zero-order valence-electron chi connectivity index (χ0n) is 19.3. The van der Waals surface area contributed by atoms with Gasteiger partial charge in [0.25, 0.3) is 0 Å². The molecule has 0 aliphatic rings. The van der Waals surface area contributed by atoms with Crippen LogP contribution in [0.1, 0.15) is 142 Å². The first-order valence-corrected chi connectivity index (χ1v) is 12.3. The summed E-state index contributed by atoms with van der Waals surface area (Å²) in [6.45, 7) is 4.87. The minimum Gasteiger partial charge on any atom is -0.396 e. The van der Waals surface area contributed by atoms with Crippen LogP contribution in [0.25, 0.3) is 0 Å². The predicted octanol–water partition coefficient (Wildman–Crippen LogP) is 6.80. The summed E-state index contributed by atoms with van der Waals surface area (Å²) in [4.78, 5) is 10.8. The number of rotatable bonds is 20. The maximum Gasteiger partial charge on any atom is 0.233 e. The van der Waals surface area contributed by atoms with Gasteiger partial charge >= 0.3 is 0 Å². The highest BCUT2D eigenvalue weighted by atomic mass is 16.2. The van der Waals surface area contributed by atoms with Crippen LogP contribution in [-0.2, 0) is 4.79 Å². The van der Waals surface area contributed by atoms with Crippen LogP contribution in [0.4, 0.5) is 0 Å². The van der Waals surface area contributed by atoms with E-state index in [0.29, 0.717) is 13.0 Å². The molecule has 0 heterocycles. The molecule has 0 bridgehead atoms. The molecule has 0 unspecified atom stereocenters. The van der Waals surface area contributed by atoms with Gasteiger partial charge in [-0.15, -0.1) is 0 Å². The van der Waals surface area contributed by atoms with Crippen molar-refractivity contribution in [3.63, 3.8) is 0 Å². The molecule has 0 rings (SSSR count). The first-order chi connectivity index (χ1) is 13.7. The van der Waals surface area contributed by atoms with Gasteiger partial charge in [0.05, 0.1) is 0 Å². The molecule has 28 heavy (non-hydrogen) atoms. The zero-order chi connectivity index (χ0) is 21.1. The van der Waals surface area contributed by atoms with E-state index in [4.69, 9.17) is 10.9 Å². The molecule has 0 aromatic heterocycles. The summed E-state index contributed by atoms with van der Waals surface area (Å²) in [5.74, 6) is 4.96. The Hall–Kier alpha value is -0.610. The Balaban J connectivity index is 0. The highest BCUT2D eigenvalue weighted by Crippen LogP contribution is 2.11. The fourth-order valence-electron chi connectivity index (χ4n) is 3.27. The van der Waals surface area contributed by atoms with Crippen LogP contribution in [-0.4, -0.2) is 17.6 Å². The number of hydrazine groups is 1. The molecule has 4 heteroatoms. The van der Waals surface area contributed by atoms with E-state index >= 15 is 0 Å². The minimum absolute atomic E-state index is 0.0408. The maximum atomic E-state index is 10.8. The highest BCUT2D eigenvalue weighted by molar-refractivity contribution is 5.74. The van der Waals surface area contributed by atoms with Crippen molar-refractivity contribution in [2.75, 3.05) is 6.61 Å². The SMILES string of the molecule is CCCCCCCCCCCCCC(=O)NN.CCCCCCCCCCO. The van der Waals surface area contributed by atoms with E-state index in [0.717, 1.165) is 19.3 Å². The Morgan fingerprint density at radius 2 is 0.929 bits per heavy atom. The zero-order valence-corrected chi connectivity index (χ0v) is 19.3. The van der Waals surface area contributed by atoms with Crippen LogP contribution >= 0.6 is 0 Å². The van der Waals surface area contributed by atoms with Gasteiger partial charge in [-0.2, -0.15) is 0 Å². The number of hydrogen-bond donors (Lipinski definition) is 3. The molecule has 0 aliphatic carbocycles. The van der Waals surface area contributed by atoms with Gasteiger partial charge in [0, 0.05) is 13.0 Å². The summed E-state index contributed by atoms with van der Waals surface area (Å²) in [7, 11) is 0. The minimum atomic E-state index is -0.0408. The molecular formula is C24H52N2O2. The van der Waals surface area contributed by atoms with Crippen molar-refractivity contribution >= 4 is 5.91 Å². The third kappa shape index (κ3) is 30.1. The average Bonchev–Trinajstić information content (AvgIpc) is 2.71. The molecule has 0 saturated carbocycles. The number of carbonyl (C=O) groups excluding carboxylic acids is 1. The number of aliphatic hydroxyl groups excluding tert-OH is 1. The molecule has 4 nitrogen and oxygen atoms in total. The lowest BCUT2D eigenvalue weighted by atomic mass is 10.1. The predicted molar refractivity (Wildman–Crippen MR) is 123 cm³/mol. The molecule has 0 atom stereocenters. The molecule has 1 amide bonds. The van der Waals surface area contributed by atoms with Crippen LogP contribution < -0.4 is 11.3 Å². The summed E-state index contributed by atoms with van der Waals surface area (Å²) in [5, 5.41) is 8.51. The summed E-state index contributed by atoms with van der Waals surface area (Å²) in [5.41, 5.74) is 2.16. The lowest BCUT2D eigenvalue weighted by Crippen LogP contribution is -2.29. The standard InChI is InChI=1S/C14H30N2O.C10H22O/c1-2-3-4-5-6-7-8-9-10-11-12-13-14(17)16-15;1-2-3-4-5-6-7-8-9-10-11/h2-13,15H2,1H3,(H,16,17);11H,2-10H2,1H3. The molecule has 0 aromatic carbocycles.